The summed E-state index contributed by atoms with van der Waals surface area (Å²) in [5.41, 5.74) is 3.33. The van der Waals surface area contributed by atoms with E-state index in [4.69, 9.17) is 9.84 Å². The number of benzene rings is 2. The maximum Gasteiger partial charge on any atom is 0.305 e. The third-order valence-corrected chi connectivity index (χ3v) is 6.22. The van der Waals surface area contributed by atoms with Crippen LogP contribution in [0.5, 0.6) is 5.88 Å². The highest BCUT2D eigenvalue weighted by Crippen LogP contribution is 2.35. The number of aliphatic hydroxyl groups is 2. The molecule has 2 atom stereocenters. The zero-order valence-electron chi connectivity index (χ0n) is 20.7. The van der Waals surface area contributed by atoms with E-state index in [2.05, 4.69) is 5.10 Å². The second-order valence-corrected chi connectivity index (χ2v) is 9.49. The molecule has 0 fully saturated rings. The van der Waals surface area contributed by atoms with Crippen LogP contribution in [0.3, 0.4) is 0 Å². The van der Waals surface area contributed by atoms with Crippen LogP contribution in [0.25, 0.3) is 5.69 Å². The number of aromatic nitrogens is 2. The summed E-state index contributed by atoms with van der Waals surface area (Å²) in [5.74, 6) is -1.86. The molecule has 9 nitrogen and oxygen atoms in total. The molecule has 0 saturated carbocycles. The van der Waals surface area contributed by atoms with Crippen molar-refractivity contribution in [3.05, 3.63) is 76.7 Å². The van der Waals surface area contributed by atoms with Crippen LogP contribution in [-0.4, -0.2) is 60.7 Å². The van der Waals surface area contributed by atoms with Gasteiger partial charge in [-0.3, -0.25) is 9.59 Å². The molecule has 2 aromatic carbocycles. The maximum atomic E-state index is 13.7. The van der Waals surface area contributed by atoms with Gasteiger partial charge < -0.3 is 25.0 Å². The average molecular weight is 512 g/mol. The standard InChI is InChI=1S/C27H30FN3O6/c1-16(2)24-25(26(36)30-13-17-5-3-4-6-18(17)14-30)29-31(20-9-7-19(28)8-10-20)27(24)37-15-22(33)11-21(32)12-23(34)35/h3-10,16,21-22,32-33H,11-15H2,1-2H3,(H,34,35)/t21-,22+/m1/s1. The molecule has 3 aromatic rings. The first-order valence-electron chi connectivity index (χ1n) is 12.1. The first-order valence-corrected chi connectivity index (χ1v) is 12.1. The van der Waals surface area contributed by atoms with E-state index in [1.165, 1.54) is 28.9 Å². The molecule has 196 valence electrons. The predicted octanol–water partition coefficient (Wildman–Crippen LogP) is 3.26. The van der Waals surface area contributed by atoms with Crippen molar-refractivity contribution in [2.75, 3.05) is 6.61 Å². The van der Waals surface area contributed by atoms with E-state index < -0.39 is 30.4 Å². The highest BCUT2D eigenvalue weighted by molar-refractivity contribution is 5.95. The van der Waals surface area contributed by atoms with Crippen LogP contribution in [0.15, 0.2) is 48.5 Å². The second-order valence-electron chi connectivity index (χ2n) is 9.49. The fourth-order valence-electron chi connectivity index (χ4n) is 4.46. The Bertz CT molecular complexity index is 1250. The van der Waals surface area contributed by atoms with Gasteiger partial charge in [0.25, 0.3) is 5.91 Å². The lowest BCUT2D eigenvalue weighted by Gasteiger charge is -2.18. The van der Waals surface area contributed by atoms with Gasteiger partial charge in [-0.1, -0.05) is 38.1 Å². The lowest BCUT2D eigenvalue weighted by Crippen LogP contribution is -2.27. The number of rotatable bonds is 10. The number of halogens is 1. The average Bonchev–Trinajstić information content (AvgIpc) is 3.44. The molecule has 0 spiro atoms. The summed E-state index contributed by atoms with van der Waals surface area (Å²) in [4.78, 5) is 26.2. The molecular weight excluding hydrogens is 481 g/mol. The monoisotopic (exact) mass is 511 g/mol. The molecule has 1 amide bonds. The molecule has 37 heavy (non-hydrogen) atoms. The number of hydrogen-bond acceptors (Lipinski definition) is 6. The van der Waals surface area contributed by atoms with Crippen LogP contribution in [0.2, 0.25) is 0 Å². The number of carboxylic acids is 1. The smallest absolute Gasteiger partial charge is 0.305 e. The number of carboxylic acid groups (broad SMARTS) is 1. The molecule has 1 aromatic heterocycles. The van der Waals surface area contributed by atoms with E-state index in [-0.39, 0.29) is 36.4 Å². The van der Waals surface area contributed by atoms with Gasteiger partial charge in [-0.25, -0.2) is 9.07 Å². The topological polar surface area (TPSA) is 125 Å². The number of nitrogens with zero attached hydrogens (tertiary/aromatic N) is 3. The number of carbonyl (C=O) groups is 2. The summed E-state index contributed by atoms with van der Waals surface area (Å²) >= 11 is 0. The summed E-state index contributed by atoms with van der Waals surface area (Å²) in [6, 6.07) is 13.4. The molecule has 0 saturated heterocycles. The minimum Gasteiger partial charge on any atom is -0.481 e. The van der Waals surface area contributed by atoms with Gasteiger partial charge in [-0.2, -0.15) is 5.10 Å². The summed E-state index contributed by atoms with van der Waals surface area (Å²) in [6.07, 6.45) is -3.11. The van der Waals surface area contributed by atoms with Gasteiger partial charge in [0, 0.05) is 25.1 Å². The highest BCUT2D eigenvalue weighted by atomic mass is 19.1. The van der Waals surface area contributed by atoms with Crippen LogP contribution in [0, 0.1) is 5.82 Å². The molecule has 1 aliphatic heterocycles. The van der Waals surface area contributed by atoms with Crippen LogP contribution in [0.1, 0.15) is 59.8 Å². The second kappa shape index (κ2) is 11.1. The molecule has 4 rings (SSSR count). The summed E-state index contributed by atoms with van der Waals surface area (Å²) in [6.45, 7) is 4.41. The number of aliphatic carboxylic acids is 1. The molecule has 0 radical (unpaired) electrons. The Morgan fingerprint density at radius 3 is 2.22 bits per heavy atom. The van der Waals surface area contributed by atoms with Gasteiger partial charge in [0.2, 0.25) is 5.88 Å². The normalized spacial score (nSPS) is 14.5. The highest BCUT2D eigenvalue weighted by Gasteiger charge is 2.32. The number of hydrogen-bond donors (Lipinski definition) is 3. The quantitative estimate of drug-likeness (QED) is 0.382. The van der Waals surface area contributed by atoms with Crippen LogP contribution >= 0.6 is 0 Å². The van der Waals surface area contributed by atoms with Crippen molar-refractivity contribution < 1.29 is 34.0 Å². The minimum atomic E-state index is -1.24. The van der Waals surface area contributed by atoms with Crippen molar-refractivity contribution in [1.29, 1.82) is 0 Å². The predicted molar refractivity (Wildman–Crippen MR) is 132 cm³/mol. The molecule has 0 aliphatic carbocycles. The molecule has 1 aliphatic rings. The number of aliphatic hydroxyl groups excluding tert-OH is 2. The fourth-order valence-corrected chi connectivity index (χ4v) is 4.46. The van der Waals surface area contributed by atoms with Crippen LogP contribution in [0.4, 0.5) is 4.39 Å². The largest absolute Gasteiger partial charge is 0.481 e. The van der Waals surface area contributed by atoms with Crippen molar-refractivity contribution in [2.45, 2.75) is 57.9 Å². The number of ether oxygens (including phenoxy) is 1. The van der Waals surface area contributed by atoms with Crippen molar-refractivity contribution in [1.82, 2.24) is 14.7 Å². The van der Waals surface area contributed by atoms with Gasteiger partial charge >= 0.3 is 5.97 Å². The van der Waals surface area contributed by atoms with Gasteiger partial charge in [-0.15, -0.1) is 0 Å². The Labute approximate surface area is 213 Å². The Hall–Kier alpha value is -3.76. The van der Waals surface area contributed by atoms with Gasteiger partial charge in [0.15, 0.2) is 5.69 Å². The van der Waals surface area contributed by atoms with E-state index in [9.17, 15) is 24.2 Å². The lowest BCUT2D eigenvalue weighted by molar-refractivity contribution is -0.139. The molecule has 10 heteroatoms. The molecule has 2 heterocycles. The van der Waals surface area contributed by atoms with Crippen LogP contribution < -0.4 is 4.74 Å². The van der Waals surface area contributed by atoms with Crippen molar-refractivity contribution >= 4 is 11.9 Å². The van der Waals surface area contributed by atoms with E-state index in [0.29, 0.717) is 24.3 Å². The first-order chi connectivity index (χ1) is 17.6. The van der Waals surface area contributed by atoms with E-state index >= 15 is 0 Å². The van der Waals surface area contributed by atoms with Gasteiger partial charge in [-0.05, 0) is 41.3 Å². The minimum absolute atomic E-state index is 0.192. The third kappa shape index (κ3) is 5.98. The number of fused-ring (bicyclic) bond motifs is 1. The Kier molecular flexibility index (Phi) is 7.89. The Morgan fingerprint density at radius 2 is 1.65 bits per heavy atom. The zero-order valence-corrected chi connectivity index (χ0v) is 20.7. The SMILES string of the molecule is CC(C)c1c(C(=O)N2Cc3ccccc3C2)nn(-c2ccc(F)cc2)c1OC[C@@H](O)C[C@@H](O)CC(=O)O. The Morgan fingerprint density at radius 1 is 1.03 bits per heavy atom. The summed E-state index contributed by atoms with van der Waals surface area (Å²) in [7, 11) is 0. The number of amides is 1. The Balaban J connectivity index is 1.66. The van der Waals surface area contributed by atoms with Gasteiger partial charge in [0.1, 0.15) is 12.4 Å². The maximum absolute atomic E-state index is 13.7. The van der Waals surface area contributed by atoms with Gasteiger partial charge in [0.05, 0.1) is 24.3 Å². The summed E-state index contributed by atoms with van der Waals surface area (Å²) in [5, 5.41) is 33.7. The molecular formula is C27H30FN3O6. The van der Waals surface area contributed by atoms with E-state index in [1.807, 2.05) is 38.1 Å². The fraction of sp³-hybridized carbons (Fsp3) is 0.370. The van der Waals surface area contributed by atoms with Crippen molar-refractivity contribution in [2.24, 2.45) is 0 Å². The van der Waals surface area contributed by atoms with Crippen LogP contribution in [-0.2, 0) is 17.9 Å². The lowest BCUT2D eigenvalue weighted by atomic mass is 10.0. The first kappa shape index (κ1) is 26.3. The molecule has 3 N–H and O–H groups in total. The molecule has 0 unspecified atom stereocenters. The number of carbonyl (C=O) groups excluding carboxylic acids is 1. The summed E-state index contributed by atoms with van der Waals surface area (Å²) < 4.78 is 21.0. The van der Waals surface area contributed by atoms with E-state index in [0.717, 1.165) is 11.1 Å². The van der Waals surface area contributed by atoms with Crippen molar-refractivity contribution in [3.8, 4) is 11.6 Å². The van der Waals surface area contributed by atoms with Crippen molar-refractivity contribution in [3.63, 3.8) is 0 Å². The molecule has 0 bridgehead atoms. The third-order valence-electron chi connectivity index (χ3n) is 6.22. The van der Waals surface area contributed by atoms with E-state index in [1.54, 1.807) is 4.90 Å². The zero-order chi connectivity index (χ0) is 26.7.